The Labute approximate surface area is 121 Å². The van der Waals surface area contributed by atoms with Crippen LogP contribution < -0.4 is 0 Å². The molecule has 0 aromatic rings. The van der Waals surface area contributed by atoms with Gasteiger partial charge in [-0.15, -0.1) is 0 Å². The molecule has 1 rings (SSSR count). The molecule has 1 heterocycles. The maximum absolute atomic E-state index is 10.7. The zero-order chi connectivity index (χ0) is 15.5. The van der Waals surface area contributed by atoms with E-state index in [0.717, 1.165) is 32.4 Å². The minimum absolute atomic E-state index is 0.208. The van der Waals surface area contributed by atoms with Gasteiger partial charge in [0.15, 0.2) is 0 Å². The van der Waals surface area contributed by atoms with Gasteiger partial charge in [-0.25, -0.2) is 4.79 Å². The summed E-state index contributed by atoms with van der Waals surface area (Å²) in [5.74, 6) is -0.667. The van der Waals surface area contributed by atoms with Gasteiger partial charge in [-0.2, -0.15) is 0 Å². The summed E-state index contributed by atoms with van der Waals surface area (Å²) in [6, 6.07) is 0. The Hall–Kier alpha value is -1.62. The van der Waals surface area contributed by atoms with Crippen LogP contribution in [0.25, 0.3) is 0 Å². The van der Waals surface area contributed by atoms with Crippen LogP contribution in [-0.4, -0.2) is 54.0 Å². The first-order valence-corrected chi connectivity index (χ1v) is 6.86. The van der Waals surface area contributed by atoms with Gasteiger partial charge in [-0.1, -0.05) is 13.2 Å². The third kappa shape index (κ3) is 8.48. The minimum Gasteiger partial charge on any atom is -0.478 e. The molecule has 1 N–H and O–H groups in total. The minimum atomic E-state index is -0.875. The summed E-state index contributed by atoms with van der Waals surface area (Å²) >= 11 is 0. The predicted molar refractivity (Wildman–Crippen MR) is 80.3 cm³/mol. The van der Waals surface area contributed by atoms with Crippen LogP contribution in [0.5, 0.6) is 0 Å². The van der Waals surface area contributed by atoms with Gasteiger partial charge in [-0.05, 0) is 52.5 Å². The van der Waals surface area contributed by atoms with Crippen LogP contribution in [0, 0.1) is 0 Å². The van der Waals surface area contributed by atoms with E-state index in [9.17, 15) is 9.59 Å². The number of carboxylic acid groups (broad SMARTS) is 1. The lowest BCUT2D eigenvalue weighted by molar-refractivity contribution is -0.132. The molecule has 5 heteroatoms. The molecule has 1 aliphatic rings. The van der Waals surface area contributed by atoms with Gasteiger partial charge in [0.2, 0.25) is 5.91 Å². The molecule has 1 saturated heterocycles. The van der Waals surface area contributed by atoms with Crippen molar-refractivity contribution in [2.24, 2.45) is 0 Å². The fourth-order valence-corrected chi connectivity index (χ4v) is 1.74. The molecule has 0 atom stereocenters. The maximum Gasteiger partial charge on any atom is 0.330 e. The second-order valence-electron chi connectivity index (χ2n) is 5.04. The zero-order valence-electron chi connectivity index (χ0n) is 12.6. The molecule has 1 fully saturated rings. The van der Waals surface area contributed by atoms with E-state index in [4.69, 9.17) is 5.11 Å². The largest absolute Gasteiger partial charge is 0.478 e. The highest BCUT2D eigenvalue weighted by Crippen LogP contribution is 2.08. The highest BCUT2D eigenvalue weighted by atomic mass is 16.4. The molecular weight excluding hydrogens is 256 g/mol. The summed E-state index contributed by atoms with van der Waals surface area (Å²) in [6.07, 6.45) is 5.82. The summed E-state index contributed by atoms with van der Waals surface area (Å²) in [6.45, 7) is 8.83. The van der Waals surface area contributed by atoms with Crippen molar-refractivity contribution < 1.29 is 14.7 Å². The van der Waals surface area contributed by atoms with E-state index in [0.29, 0.717) is 18.4 Å². The maximum atomic E-state index is 10.7. The van der Waals surface area contributed by atoms with E-state index < -0.39 is 5.97 Å². The molecule has 5 nitrogen and oxygen atoms in total. The summed E-state index contributed by atoms with van der Waals surface area (Å²) in [5.41, 5.74) is 0.314. The molecule has 0 bridgehead atoms. The molecule has 114 valence electrons. The number of nitrogens with zero attached hydrogens (tertiary/aromatic N) is 2. The monoisotopic (exact) mass is 282 g/mol. The second-order valence-corrected chi connectivity index (χ2v) is 5.04. The fourth-order valence-electron chi connectivity index (χ4n) is 1.74. The molecule has 20 heavy (non-hydrogen) atoms. The van der Waals surface area contributed by atoms with E-state index in [1.165, 1.54) is 0 Å². The Morgan fingerprint density at radius 1 is 1.45 bits per heavy atom. The van der Waals surface area contributed by atoms with E-state index in [-0.39, 0.29) is 5.91 Å². The summed E-state index contributed by atoms with van der Waals surface area (Å²) in [5, 5.41) is 8.48. The predicted octanol–water partition coefficient (Wildman–Crippen LogP) is 2.11. The summed E-state index contributed by atoms with van der Waals surface area (Å²) < 4.78 is 0. The first-order chi connectivity index (χ1) is 9.38. The van der Waals surface area contributed by atoms with Crippen LogP contribution in [0.4, 0.5) is 0 Å². The SMILES string of the molecule is C=C(CCCCN(C)C)C(=O)O.C=CN1CCCC1=O. The molecule has 0 saturated carbocycles. The molecule has 1 aliphatic heterocycles. The Morgan fingerprint density at radius 2 is 2.10 bits per heavy atom. The van der Waals surface area contributed by atoms with Crippen molar-refractivity contribution in [1.29, 1.82) is 0 Å². The third-order valence-corrected chi connectivity index (χ3v) is 2.97. The highest BCUT2D eigenvalue weighted by Gasteiger charge is 2.16. The first kappa shape index (κ1) is 18.4. The Bertz CT molecular complexity index is 351. The van der Waals surface area contributed by atoms with Gasteiger partial charge in [-0.3, -0.25) is 4.79 Å². The average Bonchev–Trinajstić information content (AvgIpc) is 2.80. The zero-order valence-corrected chi connectivity index (χ0v) is 12.6. The van der Waals surface area contributed by atoms with E-state index >= 15 is 0 Å². The van der Waals surface area contributed by atoms with E-state index in [2.05, 4.69) is 18.1 Å². The lowest BCUT2D eigenvalue weighted by atomic mass is 10.1. The number of rotatable bonds is 7. The molecule has 0 aromatic carbocycles. The molecule has 0 aliphatic carbocycles. The van der Waals surface area contributed by atoms with Crippen molar-refractivity contribution in [1.82, 2.24) is 9.80 Å². The molecule has 0 aromatic heterocycles. The van der Waals surface area contributed by atoms with Gasteiger partial charge in [0.25, 0.3) is 0 Å². The molecule has 1 amide bonds. The van der Waals surface area contributed by atoms with Crippen molar-refractivity contribution in [3.05, 3.63) is 24.9 Å². The van der Waals surface area contributed by atoms with Gasteiger partial charge in [0.1, 0.15) is 0 Å². The quantitative estimate of drug-likeness (QED) is 0.574. The Kier molecular flexibility index (Phi) is 9.38. The van der Waals surface area contributed by atoms with Crippen molar-refractivity contribution in [3.8, 4) is 0 Å². The van der Waals surface area contributed by atoms with Crippen LogP contribution in [0.3, 0.4) is 0 Å². The number of carboxylic acids is 1. The van der Waals surface area contributed by atoms with Crippen LogP contribution >= 0.6 is 0 Å². The lowest BCUT2D eigenvalue weighted by Gasteiger charge is -2.08. The van der Waals surface area contributed by atoms with Crippen molar-refractivity contribution >= 4 is 11.9 Å². The number of amides is 1. The van der Waals surface area contributed by atoms with Crippen molar-refractivity contribution in [2.45, 2.75) is 32.1 Å². The number of aliphatic carboxylic acids is 1. The second kappa shape index (κ2) is 10.2. The van der Waals surface area contributed by atoms with Gasteiger partial charge >= 0.3 is 5.97 Å². The number of hydrogen-bond acceptors (Lipinski definition) is 3. The number of carbonyl (C=O) groups excluding carboxylic acids is 1. The van der Waals surface area contributed by atoms with Crippen LogP contribution in [-0.2, 0) is 9.59 Å². The van der Waals surface area contributed by atoms with Crippen molar-refractivity contribution in [3.63, 3.8) is 0 Å². The normalized spacial score (nSPS) is 13.9. The van der Waals surface area contributed by atoms with Gasteiger partial charge in [0, 0.05) is 18.5 Å². The van der Waals surface area contributed by atoms with E-state index in [1.807, 2.05) is 14.1 Å². The lowest BCUT2D eigenvalue weighted by Crippen LogP contribution is -2.16. The average molecular weight is 282 g/mol. The molecule has 0 radical (unpaired) electrons. The molecule has 0 spiro atoms. The first-order valence-electron chi connectivity index (χ1n) is 6.86. The molecular formula is C15H26N2O3. The van der Waals surface area contributed by atoms with E-state index in [1.54, 1.807) is 11.1 Å². The van der Waals surface area contributed by atoms with Gasteiger partial charge in [0.05, 0.1) is 0 Å². The Morgan fingerprint density at radius 3 is 2.45 bits per heavy atom. The topological polar surface area (TPSA) is 60.9 Å². The smallest absolute Gasteiger partial charge is 0.330 e. The summed E-state index contributed by atoms with van der Waals surface area (Å²) in [4.78, 5) is 24.7. The Balaban J connectivity index is 0.000000388. The van der Waals surface area contributed by atoms with Crippen LogP contribution in [0.2, 0.25) is 0 Å². The number of likely N-dealkylation sites (tertiary alicyclic amines) is 1. The standard InChI is InChI=1S/C9H17NO2.C6H9NO/c1-8(9(11)12)6-4-5-7-10(2)3;1-2-7-5-3-4-6(7)8/h1,4-7H2,2-3H3,(H,11,12);2H,1,3-5H2. The van der Waals surface area contributed by atoms with Crippen LogP contribution in [0.1, 0.15) is 32.1 Å². The van der Waals surface area contributed by atoms with Crippen molar-refractivity contribution in [2.75, 3.05) is 27.2 Å². The fraction of sp³-hybridized carbons (Fsp3) is 0.600. The molecule has 0 unspecified atom stereocenters. The number of carbonyl (C=O) groups is 2. The number of hydrogen-bond donors (Lipinski definition) is 1. The van der Waals surface area contributed by atoms with Gasteiger partial charge < -0.3 is 14.9 Å². The highest BCUT2D eigenvalue weighted by molar-refractivity contribution is 5.85. The third-order valence-electron chi connectivity index (χ3n) is 2.97. The van der Waals surface area contributed by atoms with Crippen LogP contribution in [0.15, 0.2) is 24.9 Å². The number of unbranched alkanes of at least 4 members (excludes halogenated alkanes) is 1. The summed E-state index contributed by atoms with van der Waals surface area (Å²) in [7, 11) is 4.01.